The van der Waals surface area contributed by atoms with Crippen molar-refractivity contribution in [3.63, 3.8) is 0 Å². The Bertz CT molecular complexity index is 270. The summed E-state index contributed by atoms with van der Waals surface area (Å²) >= 11 is 0. The van der Waals surface area contributed by atoms with Crippen LogP contribution in [0.4, 0.5) is 0 Å². The zero-order valence-corrected chi connectivity index (χ0v) is 11.5. The normalized spacial score (nSPS) is 15.1. The summed E-state index contributed by atoms with van der Waals surface area (Å²) in [5, 5.41) is 0. The topological polar surface area (TPSA) is 26.0 Å². The summed E-state index contributed by atoms with van der Waals surface area (Å²) in [6, 6.07) is 8.71. The average Bonchev–Trinajstić information content (AvgIpc) is 3.14. The molecule has 1 aromatic rings. The first-order chi connectivity index (χ1) is 7.74. The molecule has 92 valence electrons. The largest absolute Gasteiger partial charge is 0.321 e. The Labute approximate surface area is 101 Å². The molecule has 0 saturated heterocycles. The number of hydrogen-bond acceptors (Lipinski definition) is 1. The average molecular weight is 221 g/mol. The Hall–Kier alpha value is -0.820. The molecular weight excluding hydrogens is 194 g/mol. The van der Waals surface area contributed by atoms with Crippen LogP contribution in [0.5, 0.6) is 0 Å². The van der Waals surface area contributed by atoms with Gasteiger partial charge in [0.15, 0.2) is 0 Å². The highest BCUT2D eigenvalue weighted by molar-refractivity contribution is 5.32. The van der Waals surface area contributed by atoms with Gasteiger partial charge in [-0.2, -0.15) is 0 Å². The van der Waals surface area contributed by atoms with Crippen LogP contribution in [0.15, 0.2) is 24.3 Å². The SMILES string of the molecule is CC.CC.CCc1ccc(C2(N)CC2)cc1. The first kappa shape index (κ1) is 15.2. The first-order valence-corrected chi connectivity index (χ1v) is 6.63. The second-order valence-electron chi connectivity index (χ2n) is 3.71. The van der Waals surface area contributed by atoms with Crippen molar-refractivity contribution in [2.75, 3.05) is 0 Å². The van der Waals surface area contributed by atoms with Crippen molar-refractivity contribution in [3.8, 4) is 0 Å². The van der Waals surface area contributed by atoms with Crippen LogP contribution in [0, 0.1) is 0 Å². The van der Waals surface area contributed by atoms with E-state index in [1.807, 2.05) is 27.7 Å². The van der Waals surface area contributed by atoms with Gasteiger partial charge in [-0.25, -0.2) is 0 Å². The molecule has 0 aliphatic heterocycles. The lowest BCUT2D eigenvalue weighted by atomic mass is 10.0. The fourth-order valence-electron chi connectivity index (χ4n) is 1.50. The molecule has 1 fully saturated rings. The van der Waals surface area contributed by atoms with Crippen molar-refractivity contribution in [2.24, 2.45) is 5.73 Å². The van der Waals surface area contributed by atoms with Crippen LogP contribution in [0.25, 0.3) is 0 Å². The molecule has 0 unspecified atom stereocenters. The zero-order chi connectivity index (χ0) is 12.6. The summed E-state index contributed by atoms with van der Waals surface area (Å²) < 4.78 is 0. The Balaban J connectivity index is 0.000000509. The van der Waals surface area contributed by atoms with Gasteiger partial charge in [-0.15, -0.1) is 0 Å². The molecule has 0 bridgehead atoms. The minimum absolute atomic E-state index is 0.0340. The van der Waals surface area contributed by atoms with Gasteiger partial charge in [0.1, 0.15) is 0 Å². The third-order valence-corrected chi connectivity index (χ3v) is 2.73. The molecule has 1 heteroatoms. The monoisotopic (exact) mass is 221 g/mol. The van der Waals surface area contributed by atoms with E-state index in [4.69, 9.17) is 5.73 Å². The minimum Gasteiger partial charge on any atom is -0.321 e. The maximum atomic E-state index is 6.06. The number of hydrogen-bond donors (Lipinski definition) is 1. The van der Waals surface area contributed by atoms with Crippen LogP contribution in [-0.2, 0) is 12.0 Å². The van der Waals surface area contributed by atoms with E-state index in [2.05, 4.69) is 31.2 Å². The van der Waals surface area contributed by atoms with E-state index >= 15 is 0 Å². The molecule has 2 rings (SSSR count). The van der Waals surface area contributed by atoms with Gasteiger partial charge < -0.3 is 5.73 Å². The van der Waals surface area contributed by atoms with Crippen molar-refractivity contribution in [2.45, 2.75) is 59.4 Å². The third-order valence-electron chi connectivity index (χ3n) is 2.73. The third kappa shape index (κ3) is 3.97. The molecule has 1 aromatic carbocycles. The Morgan fingerprint density at radius 1 is 1.00 bits per heavy atom. The highest BCUT2D eigenvalue weighted by Gasteiger charge is 2.39. The van der Waals surface area contributed by atoms with Crippen LogP contribution in [-0.4, -0.2) is 0 Å². The quantitative estimate of drug-likeness (QED) is 0.794. The van der Waals surface area contributed by atoms with Gasteiger partial charge in [-0.05, 0) is 30.4 Å². The number of aryl methyl sites for hydroxylation is 1. The van der Waals surface area contributed by atoms with Crippen molar-refractivity contribution in [1.82, 2.24) is 0 Å². The van der Waals surface area contributed by atoms with E-state index in [0.717, 1.165) is 19.3 Å². The maximum absolute atomic E-state index is 6.06. The molecule has 0 heterocycles. The van der Waals surface area contributed by atoms with Gasteiger partial charge >= 0.3 is 0 Å². The smallest absolute Gasteiger partial charge is 0.0411 e. The molecule has 0 radical (unpaired) electrons. The van der Waals surface area contributed by atoms with Gasteiger partial charge in [0, 0.05) is 5.54 Å². The number of nitrogens with two attached hydrogens (primary N) is 1. The lowest BCUT2D eigenvalue weighted by molar-refractivity contribution is 0.739. The lowest BCUT2D eigenvalue weighted by Crippen LogP contribution is -2.18. The molecule has 0 atom stereocenters. The van der Waals surface area contributed by atoms with Gasteiger partial charge in [-0.1, -0.05) is 58.9 Å². The second-order valence-corrected chi connectivity index (χ2v) is 3.71. The molecule has 1 aliphatic rings. The zero-order valence-electron chi connectivity index (χ0n) is 11.5. The van der Waals surface area contributed by atoms with Crippen molar-refractivity contribution in [1.29, 1.82) is 0 Å². The maximum Gasteiger partial charge on any atom is 0.0411 e. The van der Waals surface area contributed by atoms with Crippen LogP contribution < -0.4 is 5.73 Å². The van der Waals surface area contributed by atoms with E-state index < -0.39 is 0 Å². The molecule has 0 amide bonds. The van der Waals surface area contributed by atoms with Crippen LogP contribution >= 0.6 is 0 Å². The van der Waals surface area contributed by atoms with E-state index in [0.29, 0.717) is 0 Å². The minimum atomic E-state index is 0.0340. The summed E-state index contributed by atoms with van der Waals surface area (Å²) in [5.41, 5.74) is 8.79. The number of rotatable bonds is 2. The fraction of sp³-hybridized carbons (Fsp3) is 0.600. The molecule has 2 N–H and O–H groups in total. The van der Waals surface area contributed by atoms with Gasteiger partial charge in [0.05, 0.1) is 0 Å². The standard InChI is InChI=1S/C11H15N.2C2H6/c1-2-9-3-5-10(6-4-9)11(12)7-8-11;2*1-2/h3-6H,2,7-8,12H2,1H3;2*1-2H3. The molecule has 1 aliphatic carbocycles. The van der Waals surface area contributed by atoms with Gasteiger partial charge in [0.25, 0.3) is 0 Å². The van der Waals surface area contributed by atoms with Gasteiger partial charge in [-0.3, -0.25) is 0 Å². The first-order valence-electron chi connectivity index (χ1n) is 6.63. The summed E-state index contributed by atoms with van der Waals surface area (Å²) in [5.74, 6) is 0. The molecule has 0 aromatic heterocycles. The van der Waals surface area contributed by atoms with Crippen molar-refractivity contribution in [3.05, 3.63) is 35.4 Å². The Morgan fingerprint density at radius 2 is 1.44 bits per heavy atom. The van der Waals surface area contributed by atoms with Crippen LogP contribution in [0.2, 0.25) is 0 Å². The van der Waals surface area contributed by atoms with E-state index in [-0.39, 0.29) is 5.54 Å². The summed E-state index contributed by atoms with van der Waals surface area (Å²) in [6.07, 6.45) is 3.41. The predicted molar refractivity (Wildman–Crippen MR) is 73.6 cm³/mol. The second kappa shape index (κ2) is 7.45. The Morgan fingerprint density at radius 3 is 1.75 bits per heavy atom. The van der Waals surface area contributed by atoms with Crippen LogP contribution in [0.3, 0.4) is 0 Å². The fourth-order valence-corrected chi connectivity index (χ4v) is 1.50. The predicted octanol–water partition coefficient (Wildman–Crippen LogP) is 4.25. The molecule has 1 saturated carbocycles. The summed E-state index contributed by atoms with van der Waals surface area (Å²) in [7, 11) is 0. The van der Waals surface area contributed by atoms with E-state index in [1.54, 1.807) is 0 Å². The van der Waals surface area contributed by atoms with Crippen molar-refractivity contribution >= 4 is 0 Å². The van der Waals surface area contributed by atoms with E-state index in [9.17, 15) is 0 Å². The summed E-state index contributed by atoms with van der Waals surface area (Å²) in [4.78, 5) is 0. The van der Waals surface area contributed by atoms with Crippen LogP contribution in [0.1, 0.15) is 58.6 Å². The molecule has 1 nitrogen and oxygen atoms in total. The lowest BCUT2D eigenvalue weighted by Gasteiger charge is -2.08. The molecule has 0 spiro atoms. The Kier molecular flexibility index (Phi) is 7.07. The van der Waals surface area contributed by atoms with Gasteiger partial charge in [0.2, 0.25) is 0 Å². The summed E-state index contributed by atoms with van der Waals surface area (Å²) in [6.45, 7) is 10.2. The molecule has 16 heavy (non-hydrogen) atoms. The highest BCUT2D eigenvalue weighted by atomic mass is 14.8. The highest BCUT2D eigenvalue weighted by Crippen LogP contribution is 2.42. The van der Waals surface area contributed by atoms with E-state index in [1.165, 1.54) is 11.1 Å². The number of benzene rings is 1. The van der Waals surface area contributed by atoms with Crippen molar-refractivity contribution < 1.29 is 0 Å². The molecular formula is C15H27N.